The highest BCUT2D eigenvalue weighted by molar-refractivity contribution is 9.10. The van der Waals surface area contributed by atoms with E-state index in [1.165, 1.54) is 6.07 Å². The van der Waals surface area contributed by atoms with Gasteiger partial charge < -0.3 is 4.74 Å². The standard InChI is InChI=1S/C21H21BrF3NO4S/c1-2-30-20(27)8-4-13-3-5-14-10-17(11-15(14)9-13)26-31(28,29)19-7-6-16(22)12-18(19)21(23,24)25/h3,5-7,9,12,17,26H,2,4,8,10-11H2,1H3. The Balaban J connectivity index is 1.73. The number of nitrogens with one attached hydrogen (secondary N) is 1. The maximum Gasteiger partial charge on any atom is 0.417 e. The first-order valence-electron chi connectivity index (χ1n) is 9.65. The number of hydrogen-bond acceptors (Lipinski definition) is 4. The Bertz CT molecular complexity index is 1090. The van der Waals surface area contributed by atoms with Crippen LogP contribution < -0.4 is 4.72 Å². The number of esters is 1. The number of aryl methyl sites for hydroxylation is 1. The topological polar surface area (TPSA) is 72.5 Å². The molecule has 31 heavy (non-hydrogen) atoms. The van der Waals surface area contributed by atoms with E-state index in [9.17, 15) is 26.4 Å². The summed E-state index contributed by atoms with van der Waals surface area (Å²) in [6.45, 7) is 2.06. The lowest BCUT2D eigenvalue weighted by Gasteiger charge is -2.17. The van der Waals surface area contributed by atoms with Crippen molar-refractivity contribution in [3.8, 4) is 0 Å². The van der Waals surface area contributed by atoms with E-state index in [0.29, 0.717) is 25.9 Å². The lowest BCUT2D eigenvalue weighted by Crippen LogP contribution is -2.36. The molecule has 0 amide bonds. The molecule has 0 spiro atoms. The summed E-state index contributed by atoms with van der Waals surface area (Å²) in [5.41, 5.74) is 1.55. The second-order valence-electron chi connectivity index (χ2n) is 7.27. The van der Waals surface area contributed by atoms with E-state index >= 15 is 0 Å². The monoisotopic (exact) mass is 519 g/mol. The zero-order valence-corrected chi connectivity index (χ0v) is 19.0. The highest BCUT2D eigenvalue weighted by atomic mass is 79.9. The van der Waals surface area contributed by atoms with Gasteiger partial charge in [0, 0.05) is 16.9 Å². The van der Waals surface area contributed by atoms with Crippen molar-refractivity contribution < 1.29 is 31.1 Å². The number of benzene rings is 2. The van der Waals surface area contributed by atoms with Crippen LogP contribution in [0.5, 0.6) is 0 Å². The van der Waals surface area contributed by atoms with Crippen LogP contribution in [0.25, 0.3) is 0 Å². The molecule has 0 radical (unpaired) electrons. The van der Waals surface area contributed by atoms with E-state index in [4.69, 9.17) is 4.74 Å². The first kappa shape index (κ1) is 23.7. The molecule has 0 heterocycles. The highest BCUT2D eigenvalue weighted by Crippen LogP contribution is 2.36. The summed E-state index contributed by atoms with van der Waals surface area (Å²) in [6, 6.07) is 8.06. The normalized spacial score (nSPS) is 16.2. The first-order chi connectivity index (χ1) is 14.5. The van der Waals surface area contributed by atoms with Gasteiger partial charge in [-0.05, 0) is 61.1 Å². The van der Waals surface area contributed by atoms with Crippen molar-refractivity contribution in [1.82, 2.24) is 4.72 Å². The van der Waals surface area contributed by atoms with Gasteiger partial charge in [0.15, 0.2) is 0 Å². The minimum Gasteiger partial charge on any atom is -0.466 e. The smallest absolute Gasteiger partial charge is 0.417 e. The minimum atomic E-state index is -4.81. The van der Waals surface area contributed by atoms with Gasteiger partial charge in [-0.25, -0.2) is 13.1 Å². The van der Waals surface area contributed by atoms with Gasteiger partial charge in [-0.15, -0.1) is 0 Å². The van der Waals surface area contributed by atoms with Crippen molar-refractivity contribution in [2.75, 3.05) is 6.61 Å². The van der Waals surface area contributed by atoms with Crippen LogP contribution in [0.3, 0.4) is 0 Å². The molecule has 2 aromatic carbocycles. The van der Waals surface area contributed by atoms with Gasteiger partial charge in [-0.2, -0.15) is 13.2 Å². The summed E-state index contributed by atoms with van der Waals surface area (Å²) < 4.78 is 73.1. The van der Waals surface area contributed by atoms with Gasteiger partial charge in [0.1, 0.15) is 0 Å². The number of rotatable bonds is 7. The third kappa shape index (κ3) is 5.87. The number of carbonyl (C=O) groups is 1. The Morgan fingerprint density at radius 1 is 1.16 bits per heavy atom. The molecule has 2 aromatic rings. The van der Waals surface area contributed by atoms with Crippen LogP contribution in [0.2, 0.25) is 0 Å². The van der Waals surface area contributed by atoms with Crippen molar-refractivity contribution in [1.29, 1.82) is 0 Å². The third-order valence-electron chi connectivity index (χ3n) is 4.98. The SMILES string of the molecule is CCOC(=O)CCc1ccc2c(c1)CC(NS(=O)(=O)c1ccc(Br)cc1C(F)(F)F)C2. The molecule has 0 saturated heterocycles. The zero-order valence-electron chi connectivity index (χ0n) is 16.6. The number of halogens is 4. The Hall–Kier alpha value is -1.91. The van der Waals surface area contributed by atoms with E-state index in [1.54, 1.807) is 6.92 Å². The van der Waals surface area contributed by atoms with Crippen LogP contribution in [-0.2, 0) is 45.0 Å². The molecule has 1 N–H and O–H groups in total. The number of carbonyl (C=O) groups excluding carboxylic acids is 1. The predicted molar refractivity (Wildman–Crippen MR) is 112 cm³/mol. The molecule has 1 aliphatic carbocycles. The molecule has 0 fully saturated rings. The molecule has 0 saturated carbocycles. The molecular formula is C21H21BrF3NO4S. The summed E-state index contributed by atoms with van der Waals surface area (Å²) >= 11 is 2.96. The van der Waals surface area contributed by atoms with E-state index in [-0.39, 0.29) is 16.9 Å². The molecule has 3 rings (SSSR count). The number of fused-ring (bicyclic) bond motifs is 1. The predicted octanol–water partition coefficient (Wildman–Crippen LogP) is 4.41. The van der Waals surface area contributed by atoms with Crippen molar-refractivity contribution in [2.24, 2.45) is 0 Å². The highest BCUT2D eigenvalue weighted by Gasteiger charge is 2.38. The van der Waals surface area contributed by atoms with Crippen molar-refractivity contribution in [2.45, 2.75) is 49.7 Å². The fourth-order valence-electron chi connectivity index (χ4n) is 3.63. The summed E-state index contributed by atoms with van der Waals surface area (Å²) in [7, 11) is -4.38. The molecule has 1 unspecified atom stereocenters. The lowest BCUT2D eigenvalue weighted by molar-refractivity contribution is -0.143. The van der Waals surface area contributed by atoms with Crippen LogP contribution in [0, 0.1) is 0 Å². The fraction of sp³-hybridized carbons (Fsp3) is 0.381. The Morgan fingerprint density at radius 3 is 2.55 bits per heavy atom. The third-order valence-corrected chi connectivity index (χ3v) is 7.06. The fourth-order valence-corrected chi connectivity index (χ4v) is 5.44. The first-order valence-corrected chi connectivity index (χ1v) is 11.9. The molecule has 168 valence electrons. The molecular weight excluding hydrogens is 499 g/mol. The maximum absolute atomic E-state index is 13.4. The van der Waals surface area contributed by atoms with Crippen molar-refractivity contribution >= 4 is 31.9 Å². The average Bonchev–Trinajstić information content (AvgIpc) is 3.06. The minimum absolute atomic E-state index is 0.141. The van der Waals surface area contributed by atoms with E-state index in [2.05, 4.69) is 20.7 Å². The van der Waals surface area contributed by atoms with E-state index < -0.39 is 32.7 Å². The summed E-state index contributed by atoms with van der Waals surface area (Å²) in [5, 5.41) is 0. The van der Waals surface area contributed by atoms with Crippen LogP contribution in [0.15, 0.2) is 45.8 Å². The van der Waals surface area contributed by atoms with Gasteiger partial charge in [0.25, 0.3) is 0 Å². The number of ether oxygens (including phenoxy) is 1. The molecule has 0 bridgehead atoms. The second-order valence-corrected chi connectivity index (χ2v) is 9.87. The van der Waals surface area contributed by atoms with Crippen LogP contribution in [-0.4, -0.2) is 27.0 Å². The van der Waals surface area contributed by atoms with Gasteiger partial charge in [0.2, 0.25) is 10.0 Å². The number of alkyl halides is 3. The number of hydrogen-bond donors (Lipinski definition) is 1. The second kappa shape index (κ2) is 9.30. The summed E-state index contributed by atoms with van der Waals surface area (Å²) in [4.78, 5) is 10.7. The van der Waals surface area contributed by atoms with E-state index in [1.807, 2.05) is 18.2 Å². The lowest BCUT2D eigenvalue weighted by atomic mass is 10.0. The average molecular weight is 520 g/mol. The molecule has 0 aromatic heterocycles. The molecule has 1 atom stereocenters. The maximum atomic E-state index is 13.4. The molecule has 10 heteroatoms. The van der Waals surface area contributed by atoms with Gasteiger partial charge in [-0.3, -0.25) is 4.79 Å². The van der Waals surface area contributed by atoms with Crippen molar-refractivity contribution in [3.05, 3.63) is 63.1 Å². The summed E-state index contributed by atoms with van der Waals surface area (Å²) in [6.07, 6.45) is -3.33. The zero-order chi connectivity index (χ0) is 22.8. The Labute approximate surface area is 187 Å². The molecule has 5 nitrogen and oxygen atoms in total. The Morgan fingerprint density at radius 2 is 1.87 bits per heavy atom. The van der Waals surface area contributed by atoms with Gasteiger partial charge >= 0.3 is 12.1 Å². The van der Waals surface area contributed by atoms with Gasteiger partial charge in [0.05, 0.1) is 17.1 Å². The molecule has 1 aliphatic rings. The van der Waals surface area contributed by atoms with Gasteiger partial charge in [-0.1, -0.05) is 34.1 Å². The van der Waals surface area contributed by atoms with Crippen LogP contribution in [0.1, 0.15) is 35.6 Å². The van der Waals surface area contributed by atoms with E-state index in [0.717, 1.165) is 28.8 Å². The summed E-state index contributed by atoms with van der Waals surface area (Å²) in [5.74, 6) is -0.288. The van der Waals surface area contributed by atoms with Crippen LogP contribution >= 0.6 is 15.9 Å². The van der Waals surface area contributed by atoms with Crippen molar-refractivity contribution in [3.63, 3.8) is 0 Å². The van der Waals surface area contributed by atoms with Crippen LogP contribution in [0.4, 0.5) is 13.2 Å². The largest absolute Gasteiger partial charge is 0.466 e. The molecule has 0 aliphatic heterocycles. The quantitative estimate of drug-likeness (QED) is 0.550. The Kier molecular flexibility index (Phi) is 7.12. The number of sulfonamides is 1.